The molecule has 28 heavy (non-hydrogen) atoms. The Morgan fingerprint density at radius 1 is 0.821 bits per heavy atom. The van der Waals surface area contributed by atoms with Crippen molar-refractivity contribution < 1.29 is 5.11 Å². The third kappa shape index (κ3) is 6.24. The van der Waals surface area contributed by atoms with Crippen molar-refractivity contribution in [2.24, 2.45) is 0 Å². The van der Waals surface area contributed by atoms with E-state index in [9.17, 15) is 0 Å². The molecule has 4 rings (SSSR count). The molecular formula is C18H17ClN6OS2. The molecule has 0 aliphatic heterocycles. The minimum Gasteiger partial charge on any atom is -0.390 e. The maximum absolute atomic E-state index is 8.88. The van der Waals surface area contributed by atoms with E-state index in [-0.39, 0.29) is 6.61 Å². The van der Waals surface area contributed by atoms with Gasteiger partial charge in [-0.2, -0.15) is 0 Å². The molecule has 144 valence electrons. The predicted octanol–water partition coefficient (Wildman–Crippen LogP) is 4.79. The van der Waals surface area contributed by atoms with Crippen LogP contribution in [0.25, 0.3) is 0 Å². The number of thiazole rings is 2. The lowest BCUT2D eigenvalue weighted by Crippen LogP contribution is -1.95. The summed E-state index contributed by atoms with van der Waals surface area (Å²) in [6.45, 7) is -0.0482. The molecular weight excluding hydrogens is 416 g/mol. The van der Waals surface area contributed by atoms with Crippen molar-refractivity contribution in [2.75, 3.05) is 10.6 Å². The molecule has 4 aromatic heterocycles. The highest BCUT2D eigenvalue weighted by Gasteiger charge is 1.99. The molecule has 4 aromatic rings. The number of nitrogens with zero attached hydrogens (tertiary/aromatic N) is 4. The van der Waals surface area contributed by atoms with Gasteiger partial charge in [-0.05, 0) is 24.3 Å². The zero-order chi connectivity index (χ0) is 19.6. The van der Waals surface area contributed by atoms with Gasteiger partial charge in [-0.25, -0.2) is 19.9 Å². The van der Waals surface area contributed by atoms with Crippen LogP contribution in [0, 0.1) is 0 Å². The van der Waals surface area contributed by atoms with Crippen LogP contribution in [0.15, 0.2) is 59.6 Å². The van der Waals surface area contributed by atoms with Crippen molar-refractivity contribution >= 4 is 56.2 Å². The zero-order valence-electron chi connectivity index (χ0n) is 14.6. The lowest BCUT2D eigenvalue weighted by atomic mass is 10.3. The average molecular weight is 433 g/mol. The highest BCUT2D eigenvalue weighted by Crippen LogP contribution is 2.17. The Kier molecular flexibility index (Phi) is 7.68. The molecule has 0 atom stereocenters. The molecule has 4 heterocycles. The smallest absolute Gasteiger partial charge is 0.188 e. The number of aliphatic hydroxyl groups excluding tert-OH is 1. The van der Waals surface area contributed by atoms with E-state index in [1.807, 2.05) is 41.1 Å². The Hall–Kier alpha value is -2.59. The summed E-state index contributed by atoms with van der Waals surface area (Å²) in [5.41, 5.74) is 1.50. The Bertz CT molecular complexity index is 886. The third-order valence-electron chi connectivity index (χ3n) is 3.25. The second-order valence-corrected chi connectivity index (χ2v) is 7.30. The summed E-state index contributed by atoms with van der Waals surface area (Å²) in [7, 11) is 0. The molecule has 0 aliphatic carbocycles. The Balaban J connectivity index is 0.000000161. The number of rotatable bonds is 6. The fraction of sp³-hybridized carbons (Fsp3) is 0.111. The summed E-state index contributed by atoms with van der Waals surface area (Å²) in [4.78, 5) is 16.6. The van der Waals surface area contributed by atoms with Crippen molar-refractivity contribution in [2.45, 2.75) is 12.5 Å². The van der Waals surface area contributed by atoms with E-state index in [1.54, 1.807) is 18.5 Å². The van der Waals surface area contributed by atoms with Gasteiger partial charge in [0.25, 0.3) is 0 Å². The van der Waals surface area contributed by atoms with Gasteiger partial charge in [0, 0.05) is 23.2 Å². The van der Waals surface area contributed by atoms with Gasteiger partial charge < -0.3 is 15.7 Å². The number of hydrogen-bond donors (Lipinski definition) is 3. The Morgan fingerprint density at radius 2 is 1.36 bits per heavy atom. The number of pyridine rings is 2. The van der Waals surface area contributed by atoms with E-state index in [0.29, 0.717) is 17.4 Å². The molecule has 0 aliphatic rings. The summed E-state index contributed by atoms with van der Waals surface area (Å²) in [6.07, 6.45) is 3.47. The molecule has 0 saturated heterocycles. The highest BCUT2D eigenvalue weighted by molar-refractivity contribution is 7.13. The quantitative estimate of drug-likeness (QED) is 0.377. The summed E-state index contributed by atoms with van der Waals surface area (Å²) in [5, 5.41) is 20.5. The second-order valence-electron chi connectivity index (χ2n) is 5.24. The number of nitrogens with one attached hydrogen (secondary N) is 2. The number of hydrogen-bond acceptors (Lipinski definition) is 9. The van der Waals surface area contributed by atoms with E-state index in [2.05, 4.69) is 30.6 Å². The van der Waals surface area contributed by atoms with E-state index in [4.69, 9.17) is 16.7 Å². The summed E-state index contributed by atoms with van der Waals surface area (Å²) >= 11 is 8.72. The third-order valence-corrected chi connectivity index (χ3v) is 4.90. The minimum atomic E-state index is -0.0482. The van der Waals surface area contributed by atoms with Gasteiger partial charge in [0.1, 0.15) is 11.6 Å². The van der Waals surface area contributed by atoms with Crippen LogP contribution < -0.4 is 10.6 Å². The molecule has 0 unspecified atom stereocenters. The minimum absolute atomic E-state index is 0.0482. The Morgan fingerprint density at radius 3 is 1.82 bits per heavy atom. The van der Waals surface area contributed by atoms with Crippen molar-refractivity contribution in [1.82, 2.24) is 19.9 Å². The molecule has 0 aromatic carbocycles. The number of alkyl halides is 1. The first-order valence-electron chi connectivity index (χ1n) is 8.18. The zero-order valence-corrected chi connectivity index (χ0v) is 17.0. The van der Waals surface area contributed by atoms with Gasteiger partial charge in [0.05, 0.1) is 23.9 Å². The van der Waals surface area contributed by atoms with Crippen LogP contribution >= 0.6 is 34.3 Å². The monoisotopic (exact) mass is 432 g/mol. The van der Waals surface area contributed by atoms with Crippen LogP contribution in [0.5, 0.6) is 0 Å². The summed E-state index contributed by atoms with van der Waals surface area (Å²) < 4.78 is 0. The largest absolute Gasteiger partial charge is 0.390 e. The van der Waals surface area contributed by atoms with Crippen LogP contribution in [0.3, 0.4) is 0 Å². The van der Waals surface area contributed by atoms with Crippen LogP contribution in [0.2, 0.25) is 0 Å². The lowest BCUT2D eigenvalue weighted by molar-refractivity contribution is 0.277. The molecule has 0 saturated carbocycles. The molecule has 7 nitrogen and oxygen atoms in total. The topological polar surface area (TPSA) is 95.9 Å². The maximum Gasteiger partial charge on any atom is 0.188 e. The number of aliphatic hydroxyl groups is 1. The van der Waals surface area contributed by atoms with E-state index < -0.39 is 0 Å². The first-order chi connectivity index (χ1) is 13.8. The van der Waals surface area contributed by atoms with Gasteiger partial charge in [-0.1, -0.05) is 12.1 Å². The van der Waals surface area contributed by atoms with Crippen LogP contribution in [0.1, 0.15) is 11.4 Å². The molecule has 0 bridgehead atoms. The molecule has 10 heteroatoms. The van der Waals surface area contributed by atoms with Crippen LogP contribution in [0.4, 0.5) is 21.9 Å². The molecule has 0 spiro atoms. The molecule has 0 radical (unpaired) electrons. The summed E-state index contributed by atoms with van der Waals surface area (Å²) in [6, 6.07) is 11.1. The van der Waals surface area contributed by atoms with Gasteiger partial charge in [-0.15, -0.1) is 34.3 Å². The van der Waals surface area contributed by atoms with Gasteiger partial charge >= 0.3 is 0 Å². The Labute approximate surface area is 175 Å². The molecule has 3 N–H and O–H groups in total. The van der Waals surface area contributed by atoms with Crippen LogP contribution in [-0.2, 0) is 12.5 Å². The van der Waals surface area contributed by atoms with Gasteiger partial charge in [-0.3, -0.25) is 0 Å². The molecule has 0 fully saturated rings. The van der Waals surface area contributed by atoms with Crippen molar-refractivity contribution in [3.63, 3.8) is 0 Å². The van der Waals surface area contributed by atoms with Gasteiger partial charge in [0.15, 0.2) is 10.3 Å². The second kappa shape index (κ2) is 10.7. The first-order valence-corrected chi connectivity index (χ1v) is 10.5. The number of anilines is 4. The fourth-order valence-corrected chi connectivity index (χ4v) is 3.27. The average Bonchev–Trinajstić information content (AvgIpc) is 3.43. The summed E-state index contributed by atoms with van der Waals surface area (Å²) in [5.74, 6) is 1.90. The standard InChI is InChI=1S/C9H8ClN3S.C9H9N3OS/c10-6-7-2-1-3-8(12-7)13-9-11-4-5-14-9;13-6-7-2-1-3-8(11-7)12-9-10-4-5-14-9/h1-5H,6H2,(H,11,12,13);1-5,13H,6H2,(H,10,11,12). The highest BCUT2D eigenvalue weighted by atomic mass is 35.5. The lowest BCUT2D eigenvalue weighted by Gasteiger charge is -2.02. The predicted molar refractivity (Wildman–Crippen MR) is 115 cm³/mol. The van der Waals surface area contributed by atoms with Gasteiger partial charge in [0.2, 0.25) is 0 Å². The van der Waals surface area contributed by atoms with Crippen LogP contribution in [-0.4, -0.2) is 25.0 Å². The number of halogens is 1. The van der Waals surface area contributed by atoms with Crippen molar-refractivity contribution in [3.8, 4) is 0 Å². The van der Waals surface area contributed by atoms with Crippen molar-refractivity contribution in [1.29, 1.82) is 0 Å². The number of aromatic nitrogens is 4. The first kappa shape index (κ1) is 20.2. The van der Waals surface area contributed by atoms with E-state index in [1.165, 1.54) is 22.7 Å². The fourth-order valence-electron chi connectivity index (χ4n) is 2.05. The van der Waals surface area contributed by atoms with E-state index >= 15 is 0 Å². The molecule has 0 amide bonds. The SMILES string of the molecule is ClCc1cccc(Nc2nccs2)n1.OCc1cccc(Nc2nccs2)n1. The van der Waals surface area contributed by atoms with E-state index in [0.717, 1.165) is 21.8 Å². The normalized spacial score (nSPS) is 10.1. The van der Waals surface area contributed by atoms with Crippen molar-refractivity contribution in [3.05, 3.63) is 70.9 Å². The maximum atomic E-state index is 8.88.